The molecule has 21 heavy (non-hydrogen) atoms. The van der Waals surface area contributed by atoms with Crippen LogP contribution < -0.4 is 10.6 Å². The number of fused-ring (bicyclic) bond motifs is 1. The lowest BCUT2D eigenvalue weighted by Gasteiger charge is -2.18. The van der Waals surface area contributed by atoms with E-state index in [0.717, 1.165) is 4.90 Å². The van der Waals surface area contributed by atoms with Crippen molar-refractivity contribution >= 4 is 35.2 Å². The molecule has 1 aliphatic heterocycles. The first-order chi connectivity index (χ1) is 9.99. The van der Waals surface area contributed by atoms with Gasteiger partial charge in [0.05, 0.1) is 17.9 Å². The van der Waals surface area contributed by atoms with Gasteiger partial charge in [-0.05, 0) is 24.6 Å². The molecule has 0 aliphatic carbocycles. The Hall–Kier alpha value is -2.02. The summed E-state index contributed by atoms with van der Waals surface area (Å²) in [4.78, 5) is 35.1. The Morgan fingerprint density at radius 3 is 2.90 bits per heavy atom. The molecule has 1 aliphatic rings. The van der Waals surface area contributed by atoms with Crippen molar-refractivity contribution in [3.8, 4) is 0 Å². The summed E-state index contributed by atoms with van der Waals surface area (Å²) in [7, 11) is 0. The van der Waals surface area contributed by atoms with Crippen molar-refractivity contribution in [2.24, 2.45) is 0 Å². The van der Waals surface area contributed by atoms with Crippen LogP contribution in [-0.2, 0) is 9.59 Å². The Labute approximate surface area is 126 Å². The molecule has 1 atom stereocenters. The number of rotatable bonds is 5. The lowest BCUT2D eigenvalue weighted by molar-refractivity contribution is -0.137. The monoisotopic (exact) mass is 308 g/mol. The number of carbonyl (C=O) groups is 3. The lowest BCUT2D eigenvalue weighted by Crippen LogP contribution is -2.36. The predicted molar refractivity (Wildman–Crippen MR) is 79.6 cm³/mol. The largest absolute Gasteiger partial charge is 0.481 e. The molecular formula is C14H16N2O4S. The lowest BCUT2D eigenvalue weighted by atomic mass is 10.1. The highest BCUT2D eigenvalue weighted by atomic mass is 32.2. The van der Waals surface area contributed by atoms with Crippen molar-refractivity contribution in [2.75, 3.05) is 11.1 Å². The van der Waals surface area contributed by atoms with Gasteiger partial charge in [-0.25, -0.2) is 0 Å². The Kier molecular flexibility index (Phi) is 4.85. The second kappa shape index (κ2) is 6.62. The third-order valence-electron chi connectivity index (χ3n) is 3.12. The first-order valence-corrected chi connectivity index (χ1v) is 7.57. The fourth-order valence-electron chi connectivity index (χ4n) is 2.00. The van der Waals surface area contributed by atoms with E-state index in [-0.39, 0.29) is 18.2 Å². The van der Waals surface area contributed by atoms with Crippen molar-refractivity contribution in [3.05, 3.63) is 23.8 Å². The highest BCUT2D eigenvalue weighted by Crippen LogP contribution is 2.31. The van der Waals surface area contributed by atoms with Crippen LogP contribution in [0.1, 0.15) is 30.1 Å². The van der Waals surface area contributed by atoms with Crippen molar-refractivity contribution < 1.29 is 19.5 Å². The zero-order chi connectivity index (χ0) is 15.4. The van der Waals surface area contributed by atoms with E-state index < -0.39 is 12.0 Å². The number of carbonyl (C=O) groups excluding carboxylic acids is 2. The van der Waals surface area contributed by atoms with Crippen LogP contribution in [0.5, 0.6) is 0 Å². The average molecular weight is 308 g/mol. The molecule has 1 unspecified atom stereocenters. The normalized spacial score (nSPS) is 14.8. The van der Waals surface area contributed by atoms with Crippen LogP contribution in [0, 0.1) is 0 Å². The van der Waals surface area contributed by atoms with Gasteiger partial charge >= 0.3 is 5.97 Å². The SMILES string of the molecule is CCC(CC(=O)O)NC(=O)c1ccc2c(c1)NC(=O)CS2. The van der Waals surface area contributed by atoms with Crippen LogP contribution in [0.25, 0.3) is 0 Å². The average Bonchev–Trinajstić information content (AvgIpc) is 2.45. The Bertz CT molecular complexity index is 588. The molecule has 6 nitrogen and oxygen atoms in total. The van der Waals surface area contributed by atoms with E-state index in [4.69, 9.17) is 5.11 Å². The maximum Gasteiger partial charge on any atom is 0.305 e. The van der Waals surface area contributed by atoms with Crippen LogP contribution >= 0.6 is 11.8 Å². The van der Waals surface area contributed by atoms with Crippen LogP contribution in [-0.4, -0.2) is 34.7 Å². The van der Waals surface area contributed by atoms with Gasteiger partial charge in [-0.1, -0.05) is 6.92 Å². The van der Waals surface area contributed by atoms with Gasteiger partial charge in [0.1, 0.15) is 0 Å². The van der Waals surface area contributed by atoms with Gasteiger partial charge < -0.3 is 15.7 Å². The van der Waals surface area contributed by atoms with Gasteiger partial charge in [-0.15, -0.1) is 11.8 Å². The molecule has 1 aromatic carbocycles. The number of aliphatic carboxylic acids is 1. The zero-order valence-corrected chi connectivity index (χ0v) is 12.3. The summed E-state index contributed by atoms with van der Waals surface area (Å²) in [5.41, 5.74) is 1.02. The molecule has 3 N–H and O–H groups in total. The minimum Gasteiger partial charge on any atom is -0.481 e. The number of amides is 2. The fraction of sp³-hybridized carbons (Fsp3) is 0.357. The number of nitrogens with one attached hydrogen (secondary N) is 2. The first kappa shape index (κ1) is 15.4. The topological polar surface area (TPSA) is 95.5 Å². The van der Waals surface area contributed by atoms with E-state index in [1.165, 1.54) is 11.8 Å². The standard InChI is InChI=1S/C14H16N2O4S/c1-2-9(6-13(18)19)15-14(20)8-3-4-11-10(5-8)16-12(17)7-21-11/h3-5,9H,2,6-7H2,1H3,(H,15,20)(H,16,17)(H,18,19). The Morgan fingerprint density at radius 1 is 1.48 bits per heavy atom. The fourth-order valence-corrected chi connectivity index (χ4v) is 2.79. The number of hydrogen-bond donors (Lipinski definition) is 3. The molecular weight excluding hydrogens is 292 g/mol. The first-order valence-electron chi connectivity index (χ1n) is 6.59. The van der Waals surface area contributed by atoms with Crippen LogP contribution in [0.3, 0.4) is 0 Å². The van der Waals surface area contributed by atoms with E-state index in [9.17, 15) is 14.4 Å². The Morgan fingerprint density at radius 2 is 2.24 bits per heavy atom. The van der Waals surface area contributed by atoms with Gasteiger partial charge in [-0.3, -0.25) is 14.4 Å². The number of thioether (sulfide) groups is 1. The third-order valence-corrected chi connectivity index (χ3v) is 4.20. The molecule has 0 aromatic heterocycles. The highest BCUT2D eigenvalue weighted by Gasteiger charge is 2.19. The molecule has 1 heterocycles. The van der Waals surface area contributed by atoms with Crippen molar-refractivity contribution in [1.82, 2.24) is 5.32 Å². The van der Waals surface area contributed by atoms with Gasteiger partial charge in [0.2, 0.25) is 5.91 Å². The molecule has 0 radical (unpaired) electrons. The molecule has 0 saturated carbocycles. The number of benzene rings is 1. The number of anilines is 1. The van der Waals surface area contributed by atoms with Crippen LogP contribution in [0.15, 0.2) is 23.1 Å². The zero-order valence-electron chi connectivity index (χ0n) is 11.5. The van der Waals surface area contributed by atoms with Gasteiger partial charge in [0.15, 0.2) is 0 Å². The maximum absolute atomic E-state index is 12.1. The molecule has 2 rings (SSSR count). The molecule has 0 saturated heterocycles. The van der Waals surface area contributed by atoms with Crippen molar-refractivity contribution in [3.63, 3.8) is 0 Å². The summed E-state index contributed by atoms with van der Waals surface area (Å²) in [6, 6.07) is 4.66. The van der Waals surface area contributed by atoms with E-state index in [1.807, 2.05) is 6.92 Å². The minimum absolute atomic E-state index is 0.0950. The number of carboxylic acids is 1. The van der Waals surface area contributed by atoms with E-state index in [1.54, 1.807) is 18.2 Å². The predicted octanol–water partition coefficient (Wildman–Crippen LogP) is 1.71. The molecule has 0 spiro atoms. The third kappa shape index (κ3) is 3.98. The highest BCUT2D eigenvalue weighted by molar-refractivity contribution is 8.00. The molecule has 0 bridgehead atoms. The quantitative estimate of drug-likeness (QED) is 0.769. The number of hydrogen-bond acceptors (Lipinski definition) is 4. The summed E-state index contributed by atoms with van der Waals surface area (Å²) in [5.74, 6) is -1.01. The number of carboxylic acid groups (broad SMARTS) is 1. The summed E-state index contributed by atoms with van der Waals surface area (Å²) in [5, 5.41) is 14.2. The van der Waals surface area contributed by atoms with Crippen LogP contribution in [0.4, 0.5) is 5.69 Å². The van der Waals surface area contributed by atoms with E-state index in [2.05, 4.69) is 10.6 Å². The smallest absolute Gasteiger partial charge is 0.305 e. The molecule has 1 aromatic rings. The summed E-state index contributed by atoms with van der Waals surface area (Å²) in [6.07, 6.45) is 0.426. The van der Waals surface area contributed by atoms with Gasteiger partial charge in [-0.2, -0.15) is 0 Å². The maximum atomic E-state index is 12.1. The van der Waals surface area contributed by atoms with Crippen LogP contribution in [0.2, 0.25) is 0 Å². The summed E-state index contributed by atoms with van der Waals surface area (Å²) < 4.78 is 0. The van der Waals surface area contributed by atoms with Gasteiger partial charge in [0.25, 0.3) is 5.91 Å². The molecule has 112 valence electrons. The summed E-state index contributed by atoms with van der Waals surface area (Å²) >= 11 is 1.42. The minimum atomic E-state index is -0.948. The van der Waals surface area contributed by atoms with E-state index in [0.29, 0.717) is 23.4 Å². The molecule has 0 fully saturated rings. The molecule has 2 amide bonds. The van der Waals surface area contributed by atoms with Crippen molar-refractivity contribution in [2.45, 2.75) is 30.7 Å². The summed E-state index contributed by atoms with van der Waals surface area (Å²) in [6.45, 7) is 1.82. The van der Waals surface area contributed by atoms with Crippen molar-refractivity contribution in [1.29, 1.82) is 0 Å². The molecule has 7 heteroatoms. The Balaban J connectivity index is 2.10. The van der Waals surface area contributed by atoms with E-state index >= 15 is 0 Å². The second-order valence-electron chi connectivity index (χ2n) is 4.72. The second-order valence-corrected chi connectivity index (χ2v) is 5.74. The van der Waals surface area contributed by atoms with Gasteiger partial charge in [0, 0.05) is 16.5 Å².